The van der Waals surface area contributed by atoms with Crippen LogP contribution in [0, 0.1) is 23.2 Å². The number of nitrogens with one attached hydrogen (secondary N) is 1. The predicted octanol–water partition coefficient (Wildman–Crippen LogP) is 3.11. The summed E-state index contributed by atoms with van der Waals surface area (Å²) in [6.45, 7) is 16.2. The molecule has 1 N–H and O–H groups in total. The van der Waals surface area contributed by atoms with Gasteiger partial charge in [-0.25, -0.2) is 0 Å². The van der Waals surface area contributed by atoms with Crippen LogP contribution in [0.25, 0.3) is 0 Å². The summed E-state index contributed by atoms with van der Waals surface area (Å²) in [5.41, 5.74) is 0.716. The van der Waals surface area contributed by atoms with Gasteiger partial charge in [0, 0.05) is 51.5 Å². The van der Waals surface area contributed by atoms with Gasteiger partial charge in [-0.3, -0.25) is 9.59 Å². The van der Waals surface area contributed by atoms with E-state index in [9.17, 15) is 9.59 Å². The van der Waals surface area contributed by atoms with Gasteiger partial charge in [0.25, 0.3) is 0 Å². The first kappa shape index (κ1) is 28.3. The minimum atomic E-state index is -0.548. The summed E-state index contributed by atoms with van der Waals surface area (Å²) in [7, 11) is 0. The third-order valence-electron chi connectivity index (χ3n) is 9.78. The van der Waals surface area contributed by atoms with Crippen molar-refractivity contribution >= 4 is 11.8 Å². The van der Waals surface area contributed by atoms with Crippen LogP contribution in [0.3, 0.4) is 0 Å². The number of hydrogen-bond acceptors (Lipinski definition) is 6. The van der Waals surface area contributed by atoms with Crippen LogP contribution < -0.4 is 5.32 Å². The van der Waals surface area contributed by atoms with Gasteiger partial charge >= 0.3 is 0 Å². The lowest BCUT2D eigenvalue weighted by Crippen LogP contribution is -2.63. The molecule has 0 aromatic rings. The van der Waals surface area contributed by atoms with Gasteiger partial charge in [-0.1, -0.05) is 27.7 Å². The Morgan fingerprint density at radius 1 is 0.921 bits per heavy atom. The number of carbonyl (C=O) groups excluding carboxylic acids is 2. The molecule has 5 fully saturated rings. The molecule has 1 aliphatic carbocycles. The summed E-state index contributed by atoms with van der Waals surface area (Å²) >= 11 is 0. The van der Waals surface area contributed by atoms with Crippen molar-refractivity contribution in [3.63, 3.8) is 0 Å². The molecular weight excluding hydrogens is 480 g/mol. The second-order valence-electron chi connectivity index (χ2n) is 13.8. The zero-order valence-electron chi connectivity index (χ0n) is 24.4. The fourth-order valence-corrected chi connectivity index (χ4v) is 7.08. The molecule has 4 saturated heterocycles. The van der Waals surface area contributed by atoms with Gasteiger partial charge in [0.1, 0.15) is 6.04 Å². The van der Waals surface area contributed by atoms with E-state index in [2.05, 4.69) is 37.9 Å². The molecule has 2 amide bonds. The number of piperidine rings is 2. The van der Waals surface area contributed by atoms with E-state index in [1.54, 1.807) is 0 Å². The topological polar surface area (TPSA) is 74.3 Å². The molecule has 38 heavy (non-hydrogen) atoms. The number of ether oxygens (including phenoxy) is 2. The van der Waals surface area contributed by atoms with E-state index in [1.165, 1.54) is 38.8 Å². The number of rotatable bonds is 8. The second-order valence-corrected chi connectivity index (χ2v) is 13.8. The second kappa shape index (κ2) is 11.7. The Bertz CT molecular complexity index is 816. The van der Waals surface area contributed by atoms with Gasteiger partial charge < -0.3 is 29.5 Å². The molecule has 2 spiro atoms. The Hall–Kier alpha value is -1.22. The molecule has 216 valence electrons. The van der Waals surface area contributed by atoms with E-state index < -0.39 is 5.79 Å². The molecule has 4 heterocycles. The van der Waals surface area contributed by atoms with Gasteiger partial charge in [-0.2, -0.15) is 0 Å². The van der Waals surface area contributed by atoms with Crippen molar-refractivity contribution in [3.8, 4) is 0 Å². The predicted molar refractivity (Wildman–Crippen MR) is 147 cm³/mol. The summed E-state index contributed by atoms with van der Waals surface area (Å²) in [6, 6.07) is -0.571. The van der Waals surface area contributed by atoms with E-state index >= 15 is 0 Å². The number of amides is 2. The SMILES string of the molecule is CC(C)C[C@@H]1NCCN([C@@H](CC(C)C)C(=O)N2CCC3(CC2)OCC(CN2CCC4(CC2)CC4)CO3)C1=O. The Kier molecular flexibility index (Phi) is 8.73. The van der Waals surface area contributed by atoms with Crippen molar-refractivity contribution in [2.45, 2.75) is 96.9 Å². The summed E-state index contributed by atoms with van der Waals surface area (Å²) in [5, 5.41) is 3.38. The molecule has 0 radical (unpaired) electrons. The lowest BCUT2D eigenvalue weighted by molar-refractivity contribution is -0.298. The van der Waals surface area contributed by atoms with Crippen molar-refractivity contribution in [1.82, 2.24) is 20.0 Å². The van der Waals surface area contributed by atoms with Crippen LogP contribution in [0.1, 0.15) is 79.1 Å². The average molecular weight is 533 g/mol. The lowest BCUT2D eigenvalue weighted by Gasteiger charge is -2.47. The van der Waals surface area contributed by atoms with Crippen molar-refractivity contribution in [3.05, 3.63) is 0 Å². The zero-order valence-corrected chi connectivity index (χ0v) is 24.4. The molecule has 5 rings (SSSR count). The van der Waals surface area contributed by atoms with Crippen LogP contribution in [0.4, 0.5) is 0 Å². The highest BCUT2D eigenvalue weighted by Crippen LogP contribution is 2.53. The average Bonchev–Trinajstić information content (AvgIpc) is 3.65. The molecule has 0 bridgehead atoms. The minimum absolute atomic E-state index is 0.0865. The molecule has 8 heteroatoms. The van der Waals surface area contributed by atoms with Gasteiger partial charge in [-0.15, -0.1) is 0 Å². The van der Waals surface area contributed by atoms with Gasteiger partial charge in [0.05, 0.1) is 19.3 Å². The summed E-state index contributed by atoms with van der Waals surface area (Å²) in [4.78, 5) is 33.6. The molecule has 4 aliphatic heterocycles. The van der Waals surface area contributed by atoms with E-state index in [4.69, 9.17) is 9.47 Å². The quantitative estimate of drug-likeness (QED) is 0.518. The highest BCUT2D eigenvalue weighted by Gasteiger charge is 2.46. The first-order valence-electron chi connectivity index (χ1n) is 15.5. The third-order valence-corrected chi connectivity index (χ3v) is 9.78. The highest BCUT2D eigenvalue weighted by molar-refractivity contribution is 5.90. The van der Waals surface area contributed by atoms with E-state index in [1.807, 2.05) is 9.80 Å². The van der Waals surface area contributed by atoms with Gasteiger partial charge in [0.2, 0.25) is 11.8 Å². The van der Waals surface area contributed by atoms with E-state index in [0.29, 0.717) is 62.1 Å². The summed E-state index contributed by atoms with van der Waals surface area (Å²) in [6.07, 6.45) is 8.54. The van der Waals surface area contributed by atoms with Crippen LogP contribution in [0.5, 0.6) is 0 Å². The van der Waals surface area contributed by atoms with Crippen LogP contribution in [0.2, 0.25) is 0 Å². The molecular formula is C30H52N4O4. The van der Waals surface area contributed by atoms with E-state index in [-0.39, 0.29) is 23.9 Å². The van der Waals surface area contributed by atoms with Crippen LogP contribution in [0.15, 0.2) is 0 Å². The standard InChI is InChI=1S/C30H52N4O4/c1-22(2)17-25-27(35)34(16-11-31-25)26(18-23(3)4)28(36)33-14-9-30(10-15-33)37-20-24(21-38-30)19-32-12-7-29(5-6-29)8-13-32/h22-26,31H,5-21H2,1-4H3/t25-,26-/m0/s1. The van der Waals surface area contributed by atoms with Crippen molar-refractivity contribution < 1.29 is 19.1 Å². The lowest BCUT2D eigenvalue weighted by atomic mass is 9.93. The first-order valence-corrected chi connectivity index (χ1v) is 15.5. The monoisotopic (exact) mass is 532 g/mol. The molecule has 2 atom stereocenters. The summed E-state index contributed by atoms with van der Waals surface area (Å²) in [5.74, 6) is 0.833. The van der Waals surface area contributed by atoms with Crippen molar-refractivity contribution in [1.29, 1.82) is 0 Å². The molecule has 1 saturated carbocycles. The van der Waals surface area contributed by atoms with Gasteiger partial charge in [0.15, 0.2) is 5.79 Å². The molecule has 0 aromatic carbocycles. The number of nitrogens with zero attached hydrogens (tertiary/aromatic N) is 3. The molecule has 0 aromatic heterocycles. The number of likely N-dealkylation sites (tertiary alicyclic amines) is 2. The maximum Gasteiger partial charge on any atom is 0.245 e. The normalized spacial score (nSPS) is 29.0. The van der Waals surface area contributed by atoms with E-state index in [0.717, 1.165) is 32.7 Å². The Morgan fingerprint density at radius 2 is 1.58 bits per heavy atom. The fraction of sp³-hybridized carbons (Fsp3) is 0.933. The minimum Gasteiger partial charge on any atom is -0.349 e. The van der Waals surface area contributed by atoms with Crippen molar-refractivity contribution in [2.24, 2.45) is 23.2 Å². The molecule has 5 aliphatic rings. The maximum absolute atomic E-state index is 13.8. The van der Waals surface area contributed by atoms with Gasteiger partial charge in [-0.05, 0) is 68.9 Å². The van der Waals surface area contributed by atoms with Crippen LogP contribution >= 0.6 is 0 Å². The third kappa shape index (κ3) is 6.56. The van der Waals surface area contributed by atoms with Crippen LogP contribution in [-0.4, -0.2) is 103 Å². The molecule has 8 nitrogen and oxygen atoms in total. The van der Waals surface area contributed by atoms with Crippen LogP contribution in [-0.2, 0) is 19.1 Å². The number of piperazine rings is 1. The maximum atomic E-state index is 13.8. The number of hydrogen-bond donors (Lipinski definition) is 1. The largest absolute Gasteiger partial charge is 0.349 e. The Morgan fingerprint density at radius 3 is 2.16 bits per heavy atom. The Labute approximate surface area is 230 Å². The fourth-order valence-electron chi connectivity index (χ4n) is 7.08. The Balaban J connectivity index is 1.12. The molecule has 0 unspecified atom stereocenters. The first-order chi connectivity index (χ1) is 18.2. The number of carbonyl (C=O) groups is 2. The zero-order chi connectivity index (χ0) is 26.9. The summed E-state index contributed by atoms with van der Waals surface area (Å²) < 4.78 is 12.8. The van der Waals surface area contributed by atoms with Crippen molar-refractivity contribution in [2.75, 3.05) is 59.0 Å². The highest BCUT2D eigenvalue weighted by atomic mass is 16.7. The smallest absolute Gasteiger partial charge is 0.245 e.